The number of aromatic nitrogens is 3. The van der Waals surface area contributed by atoms with Gasteiger partial charge in [-0.1, -0.05) is 12.1 Å². The number of anilines is 3. The molecule has 1 aliphatic carbocycles. The monoisotopic (exact) mass is 441 g/mol. The minimum absolute atomic E-state index is 0.0587. The quantitative estimate of drug-likeness (QED) is 0.505. The lowest BCUT2D eigenvalue weighted by Crippen LogP contribution is -2.22. The Bertz CT molecular complexity index is 1350. The molecule has 0 radical (unpaired) electrons. The van der Waals surface area contributed by atoms with Crippen molar-refractivity contribution in [3.63, 3.8) is 0 Å². The molecule has 2 heterocycles. The molecule has 4 rings (SSSR count). The van der Waals surface area contributed by atoms with E-state index in [2.05, 4.69) is 20.8 Å². The van der Waals surface area contributed by atoms with Crippen LogP contribution in [0.2, 0.25) is 0 Å². The first-order valence-corrected chi connectivity index (χ1v) is 9.68. The number of carbonyl (C=O) groups is 2. The highest BCUT2D eigenvalue weighted by molar-refractivity contribution is 6.00. The molecule has 2 aromatic heterocycles. The summed E-state index contributed by atoms with van der Waals surface area (Å²) in [6.45, 7) is -2.76. The second-order valence-corrected chi connectivity index (χ2v) is 7.16. The minimum atomic E-state index is -2.76. The van der Waals surface area contributed by atoms with Crippen molar-refractivity contribution in [2.45, 2.75) is 12.8 Å². The Balaban J connectivity index is 1.75. The van der Waals surface area contributed by atoms with Gasteiger partial charge < -0.3 is 25.2 Å². The van der Waals surface area contributed by atoms with E-state index in [1.807, 2.05) is 5.32 Å². The largest absolute Gasteiger partial charge is 0.494 e. The normalized spacial score (nSPS) is 14.6. The van der Waals surface area contributed by atoms with Crippen molar-refractivity contribution in [1.29, 1.82) is 0 Å². The molecule has 1 fully saturated rings. The third-order valence-electron chi connectivity index (χ3n) is 4.95. The van der Waals surface area contributed by atoms with Crippen LogP contribution < -0.4 is 26.2 Å². The van der Waals surface area contributed by atoms with E-state index in [9.17, 15) is 14.4 Å². The zero-order chi connectivity index (χ0) is 25.3. The van der Waals surface area contributed by atoms with E-state index in [0.29, 0.717) is 11.3 Å². The van der Waals surface area contributed by atoms with Crippen molar-refractivity contribution in [3.05, 3.63) is 46.6 Å². The number of methoxy groups -OCH3 is 1. The van der Waals surface area contributed by atoms with E-state index in [4.69, 9.17) is 13.4 Å². The van der Waals surface area contributed by atoms with E-state index >= 15 is 0 Å². The Morgan fingerprint density at radius 1 is 1.25 bits per heavy atom. The van der Waals surface area contributed by atoms with Gasteiger partial charge in [-0.25, -0.2) is 0 Å². The van der Waals surface area contributed by atoms with E-state index in [0.717, 1.165) is 17.6 Å². The lowest BCUT2D eigenvalue weighted by atomic mass is 10.1. The summed E-state index contributed by atoms with van der Waals surface area (Å²) in [6, 6.07) is 6.30. The van der Waals surface area contributed by atoms with Crippen molar-refractivity contribution >= 4 is 29.0 Å². The van der Waals surface area contributed by atoms with Gasteiger partial charge >= 0.3 is 0 Å². The van der Waals surface area contributed by atoms with E-state index in [1.54, 1.807) is 18.2 Å². The van der Waals surface area contributed by atoms with Crippen molar-refractivity contribution < 1.29 is 23.0 Å². The maximum absolute atomic E-state index is 12.6. The van der Waals surface area contributed by atoms with Gasteiger partial charge in [-0.3, -0.25) is 14.4 Å². The van der Waals surface area contributed by atoms with Gasteiger partial charge in [-0.15, -0.1) is 10.2 Å². The number of para-hydroxylation sites is 1. The molecule has 11 nitrogen and oxygen atoms in total. The second kappa shape index (κ2) is 8.53. The number of rotatable bonds is 7. The average molecular weight is 441 g/mol. The summed E-state index contributed by atoms with van der Waals surface area (Å²) in [5, 5.41) is 15.2. The molecule has 166 valence electrons. The molecule has 1 aromatic carbocycles. The smallest absolute Gasteiger partial charge is 0.290 e. The highest BCUT2D eigenvalue weighted by Crippen LogP contribution is 2.37. The zero-order valence-corrected chi connectivity index (χ0v) is 17.3. The Morgan fingerprint density at radius 2 is 2.06 bits per heavy atom. The van der Waals surface area contributed by atoms with Gasteiger partial charge in [-0.2, -0.15) is 4.74 Å². The van der Waals surface area contributed by atoms with Gasteiger partial charge in [0, 0.05) is 35.7 Å². The van der Waals surface area contributed by atoms with Crippen LogP contribution in [-0.2, 0) is 11.8 Å². The molecule has 1 saturated carbocycles. The summed E-state index contributed by atoms with van der Waals surface area (Å²) in [6.07, 6.45) is 2.85. The summed E-state index contributed by atoms with van der Waals surface area (Å²) in [5.41, 5.74) is 0.362. The van der Waals surface area contributed by atoms with Crippen LogP contribution in [0.4, 0.5) is 17.2 Å². The molecule has 3 aromatic rings. The molecule has 0 bridgehead atoms. The topological polar surface area (TPSA) is 140 Å². The van der Waals surface area contributed by atoms with Crippen LogP contribution in [-0.4, -0.2) is 40.8 Å². The summed E-state index contributed by atoms with van der Waals surface area (Å²) >= 11 is 0. The number of aryl methyl sites for hydroxylation is 1. The third kappa shape index (κ3) is 4.04. The lowest BCUT2D eigenvalue weighted by molar-refractivity contribution is -0.117. The first kappa shape index (κ1) is 17.5. The number of hydrogen-bond acceptors (Lipinski definition) is 8. The van der Waals surface area contributed by atoms with E-state index in [-0.39, 0.29) is 45.9 Å². The fraction of sp³-hybridized carbons (Fsp3) is 0.286. The molecule has 0 saturated heterocycles. The predicted molar refractivity (Wildman–Crippen MR) is 116 cm³/mol. The van der Waals surface area contributed by atoms with Crippen LogP contribution >= 0.6 is 0 Å². The van der Waals surface area contributed by atoms with Gasteiger partial charge in [-0.05, 0) is 18.9 Å². The van der Waals surface area contributed by atoms with Gasteiger partial charge in [0.05, 0.1) is 24.0 Å². The molecule has 3 N–H and O–H groups in total. The number of ether oxygens (including phenoxy) is 1. The summed E-state index contributed by atoms with van der Waals surface area (Å²) in [7, 11) is 2.87. The number of hydrogen-bond donors (Lipinski definition) is 3. The minimum Gasteiger partial charge on any atom is -0.494 e. The molecule has 0 atom stereocenters. The molecule has 0 unspecified atom stereocenters. The van der Waals surface area contributed by atoms with Crippen LogP contribution in [0.3, 0.4) is 0 Å². The Morgan fingerprint density at radius 3 is 2.72 bits per heavy atom. The van der Waals surface area contributed by atoms with E-state index in [1.165, 1.54) is 26.5 Å². The summed E-state index contributed by atoms with van der Waals surface area (Å²) in [5.74, 6) is -0.984. The first-order valence-electron chi connectivity index (χ1n) is 11.2. The number of amides is 2. The Labute approximate surface area is 187 Å². The third-order valence-corrected chi connectivity index (χ3v) is 4.95. The predicted octanol–water partition coefficient (Wildman–Crippen LogP) is 1.90. The number of benzene rings is 1. The molecular formula is C21H22N6O5. The Kier molecular flexibility index (Phi) is 4.67. The summed E-state index contributed by atoms with van der Waals surface area (Å²) in [4.78, 5) is 37.2. The fourth-order valence-electron chi connectivity index (χ4n) is 3.14. The zero-order valence-electron chi connectivity index (χ0n) is 20.3. The first-order chi connectivity index (χ1) is 16.6. The number of nitrogens with one attached hydrogen (secondary N) is 3. The number of nitrogens with zero attached hydrogens (tertiary/aromatic N) is 3. The molecule has 32 heavy (non-hydrogen) atoms. The highest BCUT2D eigenvalue weighted by atomic mass is 16.5. The van der Waals surface area contributed by atoms with Crippen molar-refractivity contribution in [3.8, 4) is 16.9 Å². The van der Waals surface area contributed by atoms with Gasteiger partial charge in [0.1, 0.15) is 12.0 Å². The number of carbonyl (C=O) groups excluding carboxylic acids is 2. The van der Waals surface area contributed by atoms with Gasteiger partial charge in [0.15, 0.2) is 11.5 Å². The van der Waals surface area contributed by atoms with Crippen molar-refractivity contribution in [2.24, 2.45) is 13.0 Å². The van der Waals surface area contributed by atoms with Crippen LogP contribution in [0, 0.1) is 5.92 Å². The van der Waals surface area contributed by atoms with Gasteiger partial charge in [0.25, 0.3) is 11.5 Å². The van der Waals surface area contributed by atoms with E-state index < -0.39 is 12.9 Å². The highest BCUT2D eigenvalue weighted by Gasteiger charge is 2.30. The van der Waals surface area contributed by atoms with Crippen LogP contribution in [0.1, 0.15) is 27.4 Å². The standard InChI is InChI=1S/C21H22N6O5/c1-22-20(29)17-15(9-16(25-26-17)24-19(28)11-7-8-11)23-14-6-4-5-12(18(14)31-3)13-10-32-27(2)21(13)30/h4-6,9-11H,7-8H2,1-3H3,(H,22,29)(H2,23,24,25,28)/i1D3. The van der Waals surface area contributed by atoms with Crippen LogP contribution in [0.5, 0.6) is 5.75 Å². The SMILES string of the molecule is [2H]C([2H])([2H])NC(=O)c1nnc(NC(=O)C2CC2)cc1Nc1cccc(-c2con(C)c2=O)c1OC. The maximum Gasteiger partial charge on any atom is 0.290 e. The molecular weight excluding hydrogens is 416 g/mol. The molecule has 1 aliphatic rings. The maximum atomic E-state index is 12.6. The van der Waals surface area contributed by atoms with Crippen LogP contribution in [0.25, 0.3) is 11.1 Å². The van der Waals surface area contributed by atoms with Crippen LogP contribution in [0.15, 0.2) is 39.8 Å². The molecule has 11 heteroatoms. The molecule has 2 amide bonds. The molecule has 0 aliphatic heterocycles. The second-order valence-electron chi connectivity index (χ2n) is 7.16. The Hall–Kier alpha value is -4.15. The van der Waals surface area contributed by atoms with Crippen molar-refractivity contribution in [2.75, 3.05) is 24.7 Å². The summed E-state index contributed by atoms with van der Waals surface area (Å²) < 4.78 is 33.7. The van der Waals surface area contributed by atoms with Crippen molar-refractivity contribution in [1.82, 2.24) is 20.3 Å². The average Bonchev–Trinajstić information content (AvgIpc) is 3.59. The van der Waals surface area contributed by atoms with Gasteiger partial charge in [0.2, 0.25) is 5.91 Å². The molecule has 0 spiro atoms. The fourth-order valence-corrected chi connectivity index (χ4v) is 3.14. The lowest BCUT2D eigenvalue weighted by Gasteiger charge is -2.16.